The van der Waals surface area contributed by atoms with Crippen LogP contribution in [0.15, 0.2) is 36.8 Å². The second-order valence-electron chi connectivity index (χ2n) is 5.29. The molecular formula is C16H19N5O. The molecule has 2 N–H and O–H groups in total. The molecule has 0 radical (unpaired) electrons. The second-order valence-corrected chi connectivity index (χ2v) is 5.29. The van der Waals surface area contributed by atoms with Gasteiger partial charge in [0.2, 0.25) is 0 Å². The van der Waals surface area contributed by atoms with Crippen LogP contribution in [-0.4, -0.2) is 37.5 Å². The Morgan fingerprint density at radius 2 is 2.18 bits per heavy atom. The fourth-order valence-corrected chi connectivity index (χ4v) is 2.38. The lowest BCUT2D eigenvalue weighted by atomic mass is 10.2. The number of aliphatic hydroxyl groups excluding tert-OH is 1. The van der Waals surface area contributed by atoms with Gasteiger partial charge in [-0.2, -0.15) is 5.10 Å². The van der Waals surface area contributed by atoms with Crippen LogP contribution in [0, 0.1) is 6.92 Å². The minimum Gasteiger partial charge on any atom is -0.394 e. The standard InChI is InChI=1S/C16H19N5O/c1-3-12(9-22)20-15-14-8-19-21(16(14)18-10-17-15)13-6-4-5-11(2)7-13/h4-8,10,12,22H,3,9H2,1-2H3,(H,17,18,20). The van der Waals surface area contributed by atoms with Gasteiger partial charge in [0.1, 0.15) is 12.1 Å². The summed E-state index contributed by atoms with van der Waals surface area (Å²) in [7, 11) is 0. The van der Waals surface area contributed by atoms with Crippen molar-refractivity contribution < 1.29 is 5.11 Å². The number of nitrogens with zero attached hydrogens (tertiary/aromatic N) is 4. The zero-order valence-corrected chi connectivity index (χ0v) is 12.7. The molecule has 6 heteroatoms. The molecule has 0 spiro atoms. The molecule has 1 aromatic carbocycles. The monoisotopic (exact) mass is 297 g/mol. The molecule has 0 fully saturated rings. The van der Waals surface area contributed by atoms with Gasteiger partial charge in [0.05, 0.1) is 29.9 Å². The van der Waals surface area contributed by atoms with Crippen LogP contribution in [0.4, 0.5) is 5.82 Å². The van der Waals surface area contributed by atoms with E-state index in [0.717, 1.165) is 23.1 Å². The van der Waals surface area contributed by atoms with E-state index in [9.17, 15) is 5.11 Å². The molecule has 2 aromatic heterocycles. The number of rotatable bonds is 5. The molecule has 6 nitrogen and oxygen atoms in total. The molecule has 1 unspecified atom stereocenters. The molecule has 3 rings (SSSR count). The van der Waals surface area contributed by atoms with Crippen molar-refractivity contribution in [3.8, 4) is 5.69 Å². The fourth-order valence-electron chi connectivity index (χ4n) is 2.38. The van der Waals surface area contributed by atoms with Gasteiger partial charge in [-0.3, -0.25) is 0 Å². The van der Waals surface area contributed by atoms with Crippen molar-refractivity contribution in [1.29, 1.82) is 0 Å². The molecule has 1 atom stereocenters. The van der Waals surface area contributed by atoms with Crippen molar-refractivity contribution in [2.75, 3.05) is 11.9 Å². The smallest absolute Gasteiger partial charge is 0.168 e. The van der Waals surface area contributed by atoms with Crippen LogP contribution < -0.4 is 5.32 Å². The van der Waals surface area contributed by atoms with Crippen LogP contribution in [0.3, 0.4) is 0 Å². The van der Waals surface area contributed by atoms with E-state index in [1.165, 1.54) is 11.9 Å². The van der Waals surface area contributed by atoms with Gasteiger partial charge in [0, 0.05) is 0 Å². The Bertz CT molecular complexity index is 779. The Balaban J connectivity index is 2.05. The highest BCUT2D eigenvalue weighted by molar-refractivity contribution is 5.87. The summed E-state index contributed by atoms with van der Waals surface area (Å²) in [6, 6.07) is 8.07. The van der Waals surface area contributed by atoms with Gasteiger partial charge in [0.15, 0.2) is 5.65 Å². The normalized spacial score (nSPS) is 12.5. The molecule has 0 bridgehead atoms. The minimum atomic E-state index is -0.0274. The second kappa shape index (κ2) is 6.11. The summed E-state index contributed by atoms with van der Waals surface area (Å²) in [6.07, 6.45) is 4.08. The first-order valence-corrected chi connectivity index (χ1v) is 7.36. The van der Waals surface area contributed by atoms with Gasteiger partial charge >= 0.3 is 0 Å². The highest BCUT2D eigenvalue weighted by Gasteiger charge is 2.13. The first-order chi connectivity index (χ1) is 10.7. The van der Waals surface area contributed by atoms with Crippen LogP contribution in [0.5, 0.6) is 0 Å². The number of aliphatic hydroxyl groups is 1. The molecule has 0 saturated carbocycles. The summed E-state index contributed by atoms with van der Waals surface area (Å²) in [5.41, 5.74) is 2.88. The number of aromatic nitrogens is 4. The number of nitrogens with one attached hydrogen (secondary N) is 1. The van der Waals surface area contributed by atoms with Crippen molar-refractivity contribution in [3.05, 3.63) is 42.4 Å². The summed E-state index contributed by atoms with van der Waals surface area (Å²) in [4.78, 5) is 8.63. The van der Waals surface area contributed by atoms with Crippen molar-refractivity contribution in [3.63, 3.8) is 0 Å². The van der Waals surface area contributed by atoms with Gasteiger partial charge in [-0.05, 0) is 31.0 Å². The number of fused-ring (bicyclic) bond motifs is 1. The minimum absolute atomic E-state index is 0.0274. The Morgan fingerprint density at radius 1 is 1.32 bits per heavy atom. The quantitative estimate of drug-likeness (QED) is 0.756. The molecule has 3 aromatic rings. The van der Waals surface area contributed by atoms with Crippen LogP contribution in [-0.2, 0) is 0 Å². The number of hydrogen-bond donors (Lipinski definition) is 2. The summed E-state index contributed by atoms with van der Waals surface area (Å²) in [5, 5.41) is 17.9. The molecule has 114 valence electrons. The third kappa shape index (κ3) is 2.65. The SMILES string of the molecule is CCC(CO)Nc1ncnc2c1cnn2-c1cccc(C)c1. The molecule has 22 heavy (non-hydrogen) atoms. The Labute approximate surface area is 128 Å². The maximum atomic E-state index is 9.35. The van der Waals surface area contributed by atoms with E-state index in [0.29, 0.717) is 5.82 Å². The van der Waals surface area contributed by atoms with Gasteiger partial charge in [-0.1, -0.05) is 19.1 Å². The Morgan fingerprint density at radius 3 is 2.91 bits per heavy atom. The van der Waals surface area contributed by atoms with E-state index in [-0.39, 0.29) is 12.6 Å². The van der Waals surface area contributed by atoms with E-state index in [2.05, 4.69) is 26.4 Å². The van der Waals surface area contributed by atoms with Gasteiger partial charge < -0.3 is 10.4 Å². The number of aryl methyl sites for hydroxylation is 1. The first-order valence-electron chi connectivity index (χ1n) is 7.36. The van der Waals surface area contributed by atoms with Crippen LogP contribution >= 0.6 is 0 Å². The third-order valence-electron chi connectivity index (χ3n) is 3.67. The van der Waals surface area contributed by atoms with Crippen molar-refractivity contribution in [1.82, 2.24) is 19.7 Å². The molecule has 0 amide bonds. The largest absolute Gasteiger partial charge is 0.394 e. The molecule has 0 aliphatic rings. The number of benzene rings is 1. The lowest BCUT2D eigenvalue weighted by Gasteiger charge is -2.14. The van der Waals surface area contributed by atoms with E-state index in [4.69, 9.17) is 0 Å². The molecule has 0 saturated heterocycles. The lowest BCUT2D eigenvalue weighted by Crippen LogP contribution is -2.23. The van der Waals surface area contributed by atoms with Gasteiger partial charge in [0.25, 0.3) is 0 Å². The van der Waals surface area contributed by atoms with E-state index < -0.39 is 0 Å². The topological polar surface area (TPSA) is 75.9 Å². The van der Waals surface area contributed by atoms with Crippen molar-refractivity contribution in [2.24, 2.45) is 0 Å². The zero-order valence-electron chi connectivity index (χ0n) is 12.7. The predicted molar refractivity (Wildman–Crippen MR) is 86.2 cm³/mol. The summed E-state index contributed by atoms with van der Waals surface area (Å²) in [5.74, 6) is 0.699. The Hall–Kier alpha value is -2.47. The molecular weight excluding hydrogens is 278 g/mol. The summed E-state index contributed by atoms with van der Waals surface area (Å²) < 4.78 is 1.80. The molecule has 0 aliphatic carbocycles. The van der Waals surface area contributed by atoms with Gasteiger partial charge in [-0.15, -0.1) is 0 Å². The van der Waals surface area contributed by atoms with Crippen LogP contribution in [0.1, 0.15) is 18.9 Å². The van der Waals surface area contributed by atoms with E-state index >= 15 is 0 Å². The zero-order chi connectivity index (χ0) is 15.5. The van der Waals surface area contributed by atoms with Gasteiger partial charge in [-0.25, -0.2) is 14.6 Å². The van der Waals surface area contributed by atoms with Crippen LogP contribution in [0.2, 0.25) is 0 Å². The lowest BCUT2D eigenvalue weighted by molar-refractivity contribution is 0.271. The first kappa shape index (κ1) is 14.5. The van der Waals surface area contributed by atoms with E-state index in [1.54, 1.807) is 10.9 Å². The maximum Gasteiger partial charge on any atom is 0.168 e. The fraction of sp³-hybridized carbons (Fsp3) is 0.312. The third-order valence-corrected chi connectivity index (χ3v) is 3.67. The predicted octanol–water partition coefficient (Wildman–Crippen LogP) is 2.31. The van der Waals surface area contributed by atoms with E-state index in [1.807, 2.05) is 32.0 Å². The number of hydrogen-bond acceptors (Lipinski definition) is 5. The van der Waals surface area contributed by atoms with Crippen LogP contribution in [0.25, 0.3) is 16.7 Å². The summed E-state index contributed by atoms with van der Waals surface area (Å²) >= 11 is 0. The summed E-state index contributed by atoms with van der Waals surface area (Å²) in [6.45, 7) is 4.13. The Kier molecular flexibility index (Phi) is 4.02. The highest BCUT2D eigenvalue weighted by atomic mass is 16.3. The number of anilines is 1. The van der Waals surface area contributed by atoms with Crippen molar-refractivity contribution in [2.45, 2.75) is 26.3 Å². The highest BCUT2D eigenvalue weighted by Crippen LogP contribution is 2.22. The molecule has 0 aliphatic heterocycles. The molecule has 2 heterocycles. The average molecular weight is 297 g/mol. The maximum absolute atomic E-state index is 9.35. The average Bonchev–Trinajstić information content (AvgIpc) is 2.97. The van der Waals surface area contributed by atoms with Crippen molar-refractivity contribution >= 4 is 16.9 Å².